The van der Waals surface area contributed by atoms with Gasteiger partial charge in [-0.05, 0) is 29.8 Å². The number of nitrogens with zero attached hydrogens (tertiary/aromatic N) is 2. The van der Waals surface area contributed by atoms with Crippen LogP contribution in [0.5, 0.6) is 5.75 Å². The largest absolute Gasteiger partial charge is 0.497 e. The van der Waals surface area contributed by atoms with E-state index in [0.29, 0.717) is 5.92 Å². The van der Waals surface area contributed by atoms with Crippen LogP contribution in [0.1, 0.15) is 17.2 Å². The fourth-order valence-corrected chi connectivity index (χ4v) is 4.39. The van der Waals surface area contributed by atoms with Gasteiger partial charge in [-0.1, -0.05) is 30.3 Å². The van der Waals surface area contributed by atoms with Gasteiger partial charge < -0.3 is 10.5 Å². The molecule has 0 aliphatic carbocycles. The number of likely N-dealkylation sites (tertiary alicyclic amines) is 1. The number of aromatic nitrogens is 1. The molecule has 1 aromatic heterocycles. The Labute approximate surface area is 182 Å². The van der Waals surface area contributed by atoms with Crippen LogP contribution < -0.4 is 10.5 Å². The molecule has 0 unspecified atom stereocenters. The van der Waals surface area contributed by atoms with Crippen molar-refractivity contribution in [2.45, 2.75) is 18.5 Å². The molecule has 150 valence electrons. The van der Waals surface area contributed by atoms with Crippen molar-refractivity contribution in [3.63, 3.8) is 0 Å². The van der Waals surface area contributed by atoms with Crippen LogP contribution in [0.25, 0.3) is 10.6 Å². The van der Waals surface area contributed by atoms with Crippen LogP contribution in [-0.4, -0.2) is 36.1 Å². The number of ether oxygens (including phenoxy) is 1. The zero-order chi connectivity index (χ0) is 17.9. The Balaban J connectivity index is 0.00000140. The van der Waals surface area contributed by atoms with Crippen molar-refractivity contribution < 1.29 is 4.74 Å². The lowest BCUT2D eigenvalue weighted by Crippen LogP contribution is -2.28. The Kier molecular flexibility index (Phi) is 8.28. The standard InChI is InChI=1S/C21H23N3OS.2ClH/c1-25-18-9-7-16(8-10-18)21-23-17(14-26-21)11-24-12-19(20(22)13-24)15-5-3-2-4-6-15;;/h2-10,14,19-20H,11-13,22H2,1H3;2*1H/t19-,20+;;/m0../s1. The van der Waals surface area contributed by atoms with Gasteiger partial charge in [-0.25, -0.2) is 4.98 Å². The fourth-order valence-electron chi connectivity index (χ4n) is 3.57. The molecule has 3 aromatic rings. The summed E-state index contributed by atoms with van der Waals surface area (Å²) in [5, 5.41) is 3.20. The first-order valence-corrected chi connectivity index (χ1v) is 9.72. The molecule has 2 heterocycles. The lowest BCUT2D eigenvalue weighted by molar-refractivity contribution is 0.320. The highest BCUT2D eigenvalue weighted by Gasteiger charge is 2.31. The quantitative estimate of drug-likeness (QED) is 0.633. The lowest BCUT2D eigenvalue weighted by atomic mass is 9.95. The second-order valence-electron chi connectivity index (χ2n) is 6.75. The molecule has 0 bridgehead atoms. The summed E-state index contributed by atoms with van der Waals surface area (Å²) < 4.78 is 5.22. The SMILES string of the molecule is COc1ccc(-c2nc(CN3C[C@@H](N)[C@H](c4ccccc4)C3)cs2)cc1.Cl.Cl. The second kappa shape index (κ2) is 10.2. The topological polar surface area (TPSA) is 51.4 Å². The number of nitrogens with two attached hydrogens (primary N) is 1. The minimum Gasteiger partial charge on any atom is -0.497 e. The van der Waals surface area contributed by atoms with Gasteiger partial charge in [-0.2, -0.15) is 0 Å². The highest BCUT2D eigenvalue weighted by molar-refractivity contribution is 7.13. The van der Waals surface area contributed by atoms with Gasteiger partial charge in [0, 0.05) is 42.5 Å². The number of benzene rings is 2. The normalized spacial score (nSPS) is 18.9. The molecular weight excluding hydrogens is 413 g/mol. The van der Waals surface area contributed by atoms with Gasteiger partial charge in [0.15, 0.2) is 0 Å². The first-order valence-electron chi connectivity index (χ1n) is 8.84. The van der Waals surface area contributed by atoms with E-state index < -0.39 is 0 Å². The van der Waals surface area contributed by atoms with Crippen molar-refractivity contribution in [1.82, 2.24) is 9.88 Å². The van der Waals surface area contributed by atoms with E-state index in [9.17, 15) is 0 Å². The molecule has 7 heteroatoms. The van der Waals surface area contributed by atoms with Crippen molar-refractivity contribution in [2.75, 3.05) is 20.2 Å². The van der Waals surface area contributed by atoms with Crippen LogP contribution in [0.4, 0.5) is 0 Å². The van der Waals surface area contributed by atoms with Gasteiger partial charge in [-0.3, -0.25) is 4.90 Å². The summed E-state index contributed by atoms with van der Waals surface area (Å²) in [6.07, 6.45) is 0. The number of thiazole rings is 1. The van der Waals surface area contributed by atoms with E-state index in [2.05, 4.69) is 52.7 Å². The predicted molar refractivity (Wildman–Crippen MR) is 121 cm³/mol. The minimum atomic E-state index is 0. The van der Waals surface area contributed by atoms with Crippen LogP contribution in [0, 0.1) is 0 Å². The molecular formula is C21H25Cl2N3OS. The monoisotopic (exact) mass is 437 g/mol. The molecule has 28 heavy (non-hydrogen) atoms. The van der Waals surface area contributed by atoms with Crippen molar-refractivity contribution in [3.05, 3.63) is 71.2 Å². The van der Waals surface area contributed by atoms with Crippen LogP contribution in [0.2, 0.25) is 0 Å². The summed E-state index contributed by atoms with van der Waals surface area (Å²) in [5.41, 5.74) is 9.98. The van der Waals surface area contributed by atoms with Crippen LogP contribution in [0.3, 0.4) is 0 Å². The first kappa shape index (κ1) is 22.7. The number of hydrogen-bond acceptors (Lipinski definition) is 5. The van der Waals surface area contributed by atoms with E-state index in [4.69, 9.17) is 15.5 Å². The van der Waals surface area contributed by atoms with Gasteiger partial charge in [-0.15, -0.1) is 36.2 Å². The van der Waals surface area contributed by atoms with Crippen LogP contribution >= 0.6 is 36.2 Å². The zero-order valence-corrected chi connectivity index (χ0v) is 18.1. The van der Waals surface area contributed by atoms with Crippen LogP contribution in [0.15, 0.2) is 60.0 Å². The fraction of sp³-hybridized carbons (Fsp3) is 0.286. The average molecular weight is 438 g/mol. The number of methoxy groups -OCH3 is 1. The molecule has 0 radical (unpaired) electrons. The first-order chi connectivity index (χ1) is 12.7. The second-order valence-corrected chi connectivity index (χ2v) is 7.61. The average Bonchev–Trinajstić information content (AvgIpc) is 3.29. The number of hydrogen-bond donors (Lipinski definition) is 1. The van der Waals surface area contributed by atoms with Crippen molar-refractivity contribution in [2.24, 2.45) is 5.73 Å². The molecule has 1 aliphatic rings. The summed E-state index contributed by atoms with van der Waals surface area (Å²) in [6.45, 7) is 2.75. The maximum Gasteiger partial charge on any atom is 0.123 e. The highest BCUT2D eigenvalue weighted by Crippen LogP contribution is 2.29. The molecule has 4 nitrogen and oxygen atoms in total. The molecule has 4 rings (SSSR count). The Morgan fingerprint density at radius 3 is 2.46 bits per heavy atom. The third-order valence-corrected chi connectivity index (χ3v) is 5.88. The van der Waals surface area contributed by atoms with Crippen molar-refractivity contribution in [1.29, 1.82) is 0 Å². The Bertz CT molecular complexity index is 858. The molecule has 1 fully saturated rings. The summed E-state index contributed by atoms with van der Waals surface area (Å²) >= 11 is 1.69. The zero-order valence-electron chi connectivity index (χ0n) is 15.7. The highest BCUT2D eigenvalue weighted by atomic mass is 35.5. The predicted octanol–water partition coefficient (Wildman–Crippen LogP) is 4.59. The van der Waals surface area contributed by atoms with Gasteiger partial charge >= 0.3 is 0 Å². The minimum absolute atomic E-state index is 0. The Morgan fingerprint density at radius 2 is 1.79 bits per heavy atom. The summed E-state index contributed by atoms with van der Waals surface area (Å²) in [4.78, 5) is 7.23. The van der Waals surface area contributed by atoms with Gasteiger partial charge in [0.2, 0.25) is 0 Å². The molecule has 2 aromatic carbocycles. The summed E-state index contributed by atoms with van der Waals surface area (Å²) in [6, 6.07) is 18.8. The molecule has 2 N–H and O–H groups in total. The number of halogens is 2. The molecule has 2 atom stereocenters. The molecule has 1 aliphatic heterocycles. The maximum atomic E-state index is 6.41. The lowest BCUT2D eigenvalue weighted by Gasteiger charge is -2.15. The van der Waals surface area contributed by atoms with E-state index in [1.165, 1.54) is 5.56 Å². The van der Waals surface area contributed by atoms with E-state index >= 15 is 0 Å². The van der Waals surface area contributed by atoms with E-state index in [1.54, 1.807) is 18.4 Å². The summed E-state index contributed by atoms with van der Waals surface area (Å²) in [5.74, 6) is 1.26. The van der Waals surface area contributed by atoms with Crippen molar-refractivity contribution >= 4 is 36.2 Å². The molecule has 0 amide bonds. The van der Waals surface area contributed by atoms with E-state index in [0.717, 1.165) is 41.6 Å². The molecule has 0 spiro atoms. The third kappa shape index (κ3) is 5.04. The Hall–Kier alpha value is -1.63. The number of rotatable bonds is 5. The van der Waals surface area contributed by atoms with E-state index in [1.807, 2.05) is 12.1 Å². The molecule has 0 saturated carbocycles. The van der Waals surface area contributed by atoms with E-state index in [-0.39, 0.29) is 30.9 Å². The molecule has 1 saturated heterocycles. The Morgan fingerprint density at radius 1 is 1.07 bits per heavy atom. The maximum absolute atomic E-state index is 6.41. The van der Waals surface area contributed by atoms with Crippen LogP contribution in [-0.2, 0) is 6.54 Å². The summed E-state index contributed by atoms with van der Waals surface area (Å²) in [7, 11) is 1.68. The third-order valence-electron chi connectivity index (χ3n) is 4.94. The smallest absolute Gasteiger partial charge is 0.123 e. The van der Waals surface area contributed by atoms with Gasteiger partial charge in [0.25, 0.3) is 0 Å². The van der Waals surface area contributed by atoms with Gasteiger partial charge in [0.1, 0.15) is 10.8 Å². The van der Waals surface area contributed by atoms with Crippen molar-refractivity contribution in [3.8, 4) is 16.3 Å². The van der Waals surface area contributed by atoms with Gasteiger partial charge in [0.05, 0.1) is 12.8 Å².